The zero-order valence-electron chi connectivity index (χ0n) is 16.7. The first-order chi connectivity index (χ1) is 13.9. The maximum Gasteiger partial charge on any atom is 0.490 e. The number of rotatable bonds is 5. The quantitative estimate of drug-likeness (QED) is 0.710. The van der Waals surface area contributed by atoms with Crippen molar-refractivity contribution in [1.29, 1.82) is 0 Å². The van der Waals surface area contributed by atoms with Crippen molar-refractivity contribution in [2.24, 2.45) is 0 Å². The highest BCUT2D eigenvalue weighted by atomic mass is 32.2. The maximum absolute atomic E-state index is 11.5. The van der Waals surface area contributed by atoms with E-state index in [1.807, 2.05) is 6.07 Å². The van der Waals surface area contributed by atoms with Gasteiger partial charge in [-0.25, -0.2) is 17.9 Å². The van der Waals surface area contributed by atoms with Crippen LogP contribution >= 0.6 is 0 Å². The van der Waals surface area contributed by atoms with Gasteiger partial charge in [0.1, 0.15) is 0 Å². The Hall–Kier alpha value is -1.69. The molecule has 1 aromatic rings. The van der Waals surface area contributed by atoms with Gasteiger partial charge in [-0.3, -0.25) is 0 Å². The standard InChI is InChI=1S/C17H26N2O3S.C2HF3O2/c1-23(20,21)18-16-8-12-22-17(13-16)9-11-19(14-17)10-7-15-5-3-2-4-6-15;3-2(4,5)1(6)7/h2-6,16,18H,7-14H2,1H3;(H,6,7)/t16-,17-;/m1./s1. The van der Waals surface area contributed by atoms with E-state index in [2.05, 4.69) is 33.9 Å². The van der Waals surface area contributed by atoms with Crippen LogP contribution in [-0.2, 0) is 26.0 Å². The highest BCUT2D eigenvalue weighted by Gasteiger charge is 2.43. The molecule has 170 valence electrons. The van der Waals surface area contributed by atoms with Crippen LogP contribution in [0, 0.1) is 0 Å². The molecule has 0 aromatic heterocycles. The highest BCUT2D eigenvalue weighted by molar-refractivity contribution is 7.88. The summed E-state index contributed by atoms with van der Waals surface area (Å²) < 4.78 is 63.5. The Morgan fingerprint density at radius 1 is 1.33 bits per heavy atom. The molecule has 0 bridgehead atoms. The fourth-order valence-corrected chi connectivity index (χ4v) is 4.57. The highest BCUT2D eigenvalue weighted by Crippen LogP contribution is 2.34. The zero-order chi connectivity index (χ0) is 22.4. The third-order valence-corrected chi connectivity index (χ3v) is 5.83. The normalized spacial score (nSPS) is 25.0. The smallest absolute Gasteiger partial charge is 0.475 e. The van der Waals surface area contributed by atoms with Gasteiger partial charge in [-0.05, 0) is 31.2 Å². The Kier molecular flexibility index (Phi) is 8.26. The number of sulfonamides is 1. The van der Waals surface area contributed by atoms with Gasteiger partial charge in [0, 0.05) is 32.3 Å². The second-order valence-corrected chi connectivity index (χ2v) is 9.46. The van der Waals surface area contributed by atoms with Crippen molar-refractivity contribution < 1.29 is 36.2 Å². The van der Waals surface area contributed by atoms with Crippen molar-refractivity contribution in [2.45, 2.75) is 43.5 Å². The van der Waals surface area contributed by atoms with E-state index in [0.29, 0.717) is 6.61 Å². The molecule has 2 aliphatic heterocycles. The molecule has 3 rings (SSSR count). The van der Waals surface area contributed by atoms with E-state index < -0.39 is 22.2 Å². The third-order valence-electron chi connectivity index (χ3n) is 5.07. The van der Waals surface area contributed by atoms with Gasteiger partial charge in [-0.1, -0.05) is 30.3 Å². The molecule has 30 heavy (non-hydrogen) atoms. The number of nitrogens with one attached hydrogen (secondary N) is 1. The maximum atomic E-state index is 11.5. The van der Waals surface area contributed by atoms with Crippen molar-refractivity contribution in [3.8, 4) is 0 Å². The van der Waals surface area contributed by atoms with Crippen LogP contribution in [0.4, 0.5) is 13.2 Å². The largest absolute Gasteiger partial charge is 0.490 e. The monoisotopic (exact) mass is 452 g/mol. The summed E-state index contributed by atoms with van der Waals surface area (Å²) in [6.07, 6.45) is -0.275. The topological polar surface area (TPSA) is 95.9 Å². The molecule has 0 amide bonds. The molecule has 0 unspecified atom stereocenters. The summed E-state index contributed by atoms with van der Waals surface area (Å²) in [5, 5.41) is 7.12. The Labute approximate surface area is 174 Å². The molecular weight excluding hydrogens is 425 g/mol. The number of aliphatic carboxylic acids is 1. The molecule has 1 spiro atoms. The van der Waals surface area contributed by atoms with E-state index in [0.717, 1.165) is 45.3 Å². The summed E-state index contributed by atoms with van der Waals surface area (Å²) in [5.41, 5.74) is 1.19. The molecule has 2 saturated heterocycles. The predicted molar refractivity (Wildman–Crippen MR) is 105 cm³/mol. The van der Waals surface area contributed by atoms with Gasteiger partial charge in [0.05, 0.1) is 11.9 Å². The fraction of sp³-hybridized carbons (Fsp3) is 0.632. The van der Waals surface area contributed by atoms with E-state index >= 15 is 0 Å². The van der Waals surface area contributed by atoms with Gasteiger partial charge in [-0.15, -0.1) is 0 Å². The van der Waals surface area contributed by atoms with Gasteiger partial charge in [0.25, 0.3) is 0 Å². The first-order valence-electron chi connectivity index (χ1n) is 9.56. The van der Waals surface area contributed by atoms with E-state index in [-0.39, 0.29) is 11.6 Å². The number of ether oxygens (including phenoxy) is 1. The number of benzene rings is 1. The van der Waals surface area contributed by atoms with E-state index in [4.69, 9.17) is 14.6 Å². The van der Waals surface area contributed by atoms with Crippen LogP contribution in [0.15, 0.2) is 30.3 Å². The molecule has 2 fully saturated rings. The molecule has 2 heterocycles. The molecule has 0 saturated carbocycles. The number of likely N-dealkylation sites (tertiary alicyclic amines) is 1. The average molecular weight is 452 g/mol. The Morgan fingerprint density at radius 2 is 1.97 bits per heavy atom. The summed E-state index contributed by atoms with van der Waals surface area (Å²) in [4.78, 5) is 11.3. The third kappa shape index (κ3) is 8.21. The first kappa shape index (κ1) is 24.6. The van der Waals surface area contributed by atoms with Gasteiger partial charge in [0.15, 0.2) is 0 Å². The molecule has 7 nitrogen and oxygen atoms in total. The lowest BCUT2D eigenvalue weighted by molar-refractivity contribution is -0.192. The van der Waals surface area contributed by atoms with Crippen LogP contribution in [0.1, 0.15) is 24.8 Å². The molecule has 2 N–H and O–H groups in total. The second kappa shape index (κ2) is 10.1. The number of hydrogen-bond acceptors (Lipinski definition) is 5. The molecule has 1 aromatic carbocycles. The van der Waals surface area contributed by atoms with Crippen LogP contribution in [0.25, 0.3) is 0 Å². The summed E-state index contributed by atoms with van der Waals surface area (Å²) >= 11 is 0. The Morgan fingerprint density at radius 3 is 2.53 bits per heavy atom. The number of nitrogens with zero attached hydrogens (tertiary/aromatic N) is 1. The van der Waals surface area contributed by atoms with Crippen LogP contribution in [0.2, 0.25) is 0 Å². The van der Waals surface area contributed by atoms with Crippen molar-refractivity contribution in [3.05, 3.63) is 35.9 Å². The second-order valence-electron chi connectivity index (χ2n) is 7.68. The van der Waals surface area contributed by atoms with Gasteiger partial charge in [-0.2, -0.15) is 13.2 Å². The fourth-order valence-electron chi connectivity index (χ4n) is 3.77. The van der Waals surface area contributed by atoms with Gasteiger partial charge in [0.2, 0.25) is 10.0 Å². The minimum absolute atomic E-state index is 0.00724. The lowest BCUT2D eigenvalue weighted by atomic mass is 9.90. The lowest BCUT2D eigenvalue weighted by Crippen LogP contribution is -2.49. The number of carboxylic acid groups (broad SMARTS) is 1. The van der Waals surface area contributed by atoms with Crippen molar-refractivity contribution >= 4 is 16.0 Å². The number of carboxylic acids is 1. The van der Waals surface area contributed by atoms with Crippen LogP contribution in [0.3, 0.4) is 0 Å². The summed E-state index contributed by atoms with van der Waals surface area (Å²) in [6.45, 7) is 3.60. The predicted octanol–water partition coefficient (Wildman–Crippen LogP) is 2.04. The molecule has 2 atom stereocenters. The van der Waals surface area contributed by atoms with Crippen LogP contribution in [0.5, 0.6) is 0 Å². The van der Waals surface area contributed by atoms with Crippen LogP contribution in [-0.4, -0.2) is 74.7 Å². The number of hydrogen-bond donors (Lipinski definition) is 2. The summed E-state index contributed by atoms with van der Waals surface area (Å²) in [6, 6.07) is 10.5. The minimum Gasteiger partial charge on any atom is -0.475 e. The lowest BCUT2D eigenvalue weighted by Gasteiger charge is -2.38. The molecule has 2 aliphatic rings. The first-order valence-corrected chi connectivity index (χ1v) is 11.5. The van der Waals surface area contributed by atoms with Gasteiger partial charge < -0.3 is 14.7 Å². The van der Waals surface area contributed by atoms with E-state index in [1.54, 1.807) is 0 Å². The van der Waals surface area contributed by atoms with Crippen molar-refractivity contribution in [3.63, 3.8) is 0 Å². The summed E-state index contributed by atoms with van der Waals surface area (Å²) in [7, 11) is -3.15. The number of carbonyl (C=O) groups is 1. The summed E-state index contributed by atoms with van der Waals surface area (Å²) in [5.74, 6) is -2.76. The number of alkyl halides is 3. The Bertz CT molecular complexity index is 804. The molecule has 11 heteroatoms. The van der Waals surface area contributed by atoms with E-state index in [1.165, 1.54) is 11.8 Å². The average Bonchev–Trinajstić information content (AvgIpc) is 3.01. The zero-order valence-corrected chi connectivity index (χ0v) is 17.5. The number of halogens is 3. The van der Waals surface area contributed by atoms with Crippen LogP contribution < -0.4 is 4.72 Å². The Balaban J connectivity index is 0.000000396. The van der Waals surface area contributed by atoms with Crippen molar-refractivity contribution in [1.82, 2.24) is 9.62 Å². The van der Waals surface area contributed by atoms with Gasteiger partial charge >= 0.3 is 12.1 Å². The van der Waals surface area contributed by atoms with E-state index in [9.17, 15) is 21.6 Å². The minimum atomic E-state index is -5.08. The molecular formula is C19H27F3N2O5S. The molecule has 0 radical (unpaired) electrons. The SMILES string of the molecule is CS(=O)(=O)N[C@@H]1CCO[C@]2(CCN(CCc3ccccc3)C2)C1.O=C(O)C(F)(F)F. The molecule has 0 aliphatic carbocycles. The van der Waals surface area contributed by atoms with Crippen molar-refractivity contribution in [2.75, 3.05) is 32.5 Å².